The van der Waals surface area contributed by atoms with Gasteiger partial charge in [-0.1, -0.05) is 47.0 Å². The predicted octanol–water partition coefficient (Wildman–Crippen LogP) is 4.91. The molecule has 0 aliphatic heterocycles. The standard InChI is InChI=1S/C17H19Cl2NO/c1-11-4-5-12(2)14(6-11)10-21-17-13(9-20-3)7-15(18)8-16(17)19/h4-8,20H,9-10H2,1-3H3. The highest BCUT2D eigenvalue weighted by molar-refractivity contribution is 6.35. The van der Waals surface area contributed by atoms with Crippen LogP contribution in [0.5, 0.6) is 5.75 Å². The summed E-state index contributed by atoms with van der Waals surface area (Å²) in [4.78, 5) is 0. The lowest BCUT2D eigenvalue weighted by Gasteiger charge is -2.15. The summed E-state index contributed by atoms with van der Waals surface area (Å²) < 4.78 is 5.97. The Morgan fingerprint density at radius 2 is 1.81 bits per heavy atom. The van der Waals surface area contributed by atoms with E-state index in [0.717, 1.165) is 11.1 Å². The van der Waals surface area contributed by atoms with Crippen LogP contribution in [-0.2, 0) is 13.2 Å². The fourth-order valence-corrected chi connectivity index (χ4v) is 2.79. The zero-order valence-corrected chi connectivity index (χ0v) is 14.0. The Morgan fingerprint density at radius 1 is 1.05 bits per heavy atom. The summed E-state index contributed by atoms with van der Waals surface area (Å²) in [6.45, 7) is 5.30. The van der Waals surface area contributed by atoms with Crippen molar-refractivity contribution in [2.24, 2.45) is 0 Å². The lowest BCUT2D eigenvalue weighted by atomic mass is 10.1. The maximum atomic E-state index is 6.27. The Hall–Kier alpha value is -1.22. The molecule has 1 N–H and O–H groups in total. The molecule has 4 heteroatoms. The van der Waals surface area contributed by atoms with Gasteiger partial charge in [0.1, 0.15) is 12.4 Å². The van der Waals surface area contributed by atoms with Crippen molar-refractivity contribution in [2.45, 2.75) is 27.0 Å². The second-order valence-corrected chi connectivity index (χ2v) is 5.97. The van der Waals surface area contributed by atoms with E-state index in [1.54, 1.807) is 6.07 Å². The van der Waals surface area contributed by atoms with E-state index >= 15 is 0 Å². The van der Waals surface area contributed by atoms with Gasteiger partial charge in [0, 0.05) is 17.1 Å². The Bertz CT molecular complexity index is 641. The lowest BCUT2D eigenvalue weighted by molar-refractivity contribution is 0.302. The van der Waals surface area contributed by atoms with Crippen molar-refractivity contribution in [1.29, 1.82) is 0 Å². The summed E-state index contributed by atoms with van der Waals surface area (Å²) in [5, 5.41) is 4.26. The van der Waals surface area contributed by atoms with Gasteiger partial charge in [0.25, 0.3) is 0 Å². The van der Waals surface area contributed by atoms with Crippen LogP contribution >= 0.6 is 23.2 Å². The second-order valence-electron chi connectivity index (χ2n) is 5.12. The molecule has 0 aliphatic carbocycles. The number of aryl methyl sites for hydroxylation is 2. The lowest BCUT2D eigenvalue weighted by Crippen LogP contribution is -2.08. The number of halogens is 2. The molecule has 0 aliphatic rings. The second kappa shape index (κ2) is 7.17. The van der Waals surface area contributed by atoms with Gasteiger partial charge < -0.3 is 10.1 Å². The molecule has 0 bridgehead atoms. The van der Waals surface area contributed by atoms with E-state index in [0.29, 0.717) is 28.9 Å². The van der Waals surface area contributed by atoms with Crippen LogP contribution in [0.4, 0.5) is 0 Å². The molecule has 0 fully saturated rings. The SMILES string of the molecule is CNCc1cc(Cl)cc(Cl)c1OCc1cc(C)ccc1C. The largest absolute Gasteiger partial charge is 0.487 e. The molecule has 0 heterocycles. The van der Waals surface area contributed by atoms with Gasteiger partial charge >= 0.3 is 0 Å². The third kappa shape index (κ3) is 4.13. The average Bonchev–Trinajstić information content (AvgIpc) is 2.41. The van der Waals surface area contributed by atoms with Crippen molar-refractivity contribution in [3.8, 4) is 5.75 Å². The van der Waals surface area contributed by atoms with Crippen molar-refractivity contribution < 1.29 is 4.74 Å². The molecule has 112 valence electrons. The molecule has 0 saturated heterocycles. The first kappa shape index (κ1) is 16.2. The summed E-state index contributed by atoms with van der Waals surface area (Å²) in [5.41, 5.74) is 4.55. The molecule has 2 nitrogen and oxygen atoms in total. The Balaban J connectivity index is 2.25. The summed E-state index contributed by atoms with van der Waals surface area (Å²) in [6, 6.07) is 9.92. The Labute approximate surface area is 136 Å². The van der Waals surface area contributed by atoms with Gasteiger partial charge in [0.05, 0.1) is 5.02 Å². The monoisotopic (exact) mass is 323 g/mol. The van der Waals surface area contributed by atoms with Gasteiger partial charge in [-0.2, -0.15) is 0 Å². The van der Waals surface area contributed by atoms with Crippen LogP contribution in [0.25, 0.3) is 0 Å². The first-order valence-electron chi connectivity index (χ1n) is 6.82. The molecule has 0 unspecified atom stereocenters. The van der Waals surface area contributed by atoms with Crippen LogP contribution in [0.3, 0.4) is 0 Å². The summed E-state index contributed by atoms with van der Waals surface area (Å²) >= 11 is 12.3. The molecular weight excluding hydrogens is 305 g/mol. The topological polar surface area (TPSA) is 21.3 Å². The van der Waals surface area contributed by atoms with Gasteiger partial charge in [-0.3, -0.25) is 0 Å². The molecule has 0 atom stereocenters. The van der Waals surface area contributed by atoms with Crippen molar-refractivity contribution >= 4 is 23.2 Å². The van der Waals surface area contributed by atoms with E-state index in [2.05, 4.69) is 37.4 Å². The number of ether oxygens (including phenoxy) is 1. The molecule has 2 aromatic carbocycles. The number of hydrogen-bond acceptors (Lipinski definition) is 2. The average molecular weight is 324 g/mol. The Morgan fingerprint density at radius 3 is 2.52 bits per heavy atom. The van der Waals surface area contributed by atoms with Crippen LogP contribution in [0.2, 0.25) is 10.0 Å². The fourth-order valence-electron chi connectivity index (χ4n) is 2.20. The van der Waals surface area contributed by atoms with E-state index in [-0.39, 0.29) is 0 Å². The van der Waals surface area contributed by atoms with Gasteiger partial charge in [0.2, 0.25) is 0 Å². The zero-order chi connectivity index (χ0) is 15.4. The van der Waals surface area contributed by atoms with E-state index in [4.69, 9.17) is 27.9 Å². The highest BCUT2D eigenvalue weighted by Gasteiger charge is 2.11. The van der Waals surface area contributed by atoms with Crippen LogP contribution in [0.1, 0.15) is 22.3 Å². The van der Waals surface area contributed by atoms with Gasteiger partial charge in [0.15, 0.2) is 0 Å². The molecule has 0 amide bonds. The van der Waals surface area contributed by atoms with Crippen molar-refractivity contribution in [1.82, 2.24) is 5.32 Å². The maximum absolute atomic E-state index is 6.27. The minimum absolute atomic E-state index is 0.492. The normalized spacial score (nSPS) is 10.7. The minimum Gasteiger partial charge on any atom is -0.487 e. The molecule has 21 heavy (non-hydrogen) atoms. The molecule has 0 saturated carbocycles. The van der Waals surface area contributed by atoms with Gasteiger partial charge in [-0.25, -0.2) is 0 Å². The van der Waals surface area contributed by atoms with Crippen molar-refractivity contribution in [3.63, 3.8) is 0 Å². The first-order chi connectivity index (χ1) is 10.0. The molecule has 0 radical (unpaired) electrons. The third-order valence-corrected chi connectivity index (χ3v) is 3.83. The third-order valence-electron chi connectivity index (χ3n) is 3.33. The van der Waals surface area contributed by atoms with Gasteiger partial charge in [-0.05, 0) is 44.2 Å². The van der Waals surface area contributed by atoms with E-state index in [9.17, 15) is 0 Å². The quantitative estimate of drug-likeness (QED) is 0.844. The highest BCUT2D eigenvalue weighted by atomic mass is 35.5. The number of benzene rings is 2. The van der Waals surface area contributed by atoms with Gasteiger partial charge in [-0.15, -0.1) is 0 Å². The molecule has 0 aromatic heterocycles. The summed E-state index contributed by atoms with van der Waals surface area (Å²) in [5.74, 6) is 0.691. The van der Waals surface area contributed by atoms with Crippen LogP contribution in [0, 0.1) is 13.8 Å². The minimum atomic E-state index is 0.492. The molecule has 2 aromatic rings. The van der Waals surface area contributed by atoms with Crippen LogP contribution in [-0.4, -0.2) is 7.05 Å². The first-order valence-corrected chi connectivity index (χ1v) is 7.58. The summed E-state index contributed by atoms with van der Waals surface area (Å²) in [7, 11) is 1.88. The molecule has 2 rings (SSSR count). The van der Waals surface area contributed by atoms with E-state index in [1.807, 2.05) is 13.1 Å². The van der Waals surface area contributed by atoms with Crippen molar-refractivity contribution in [2.75, 3.05) is 7.05 Å². The maximum Gasteiger partial charge on any atom is 0.142 e. The molecular formula is C17H19Cl2NO. The van der Waals surface area contributed by atoms with Crippen molar-refractivity contribution in [3.05, 3.63) is 62.6 Å². The highest BCUT2D eigenvalue weighted by Crippen LogP contribution is 2.33. The number of rotatable bonds is 5. The molecule has 0 spiro atoms. The fraction of sp³-hybridized carbons (Fsp3) is 0.294. The van der Waals surface area contributed by atoms with Crippen LogP contribution in [0.15, 0.2) is 30.3 Å². The Kier molecular flexibility index (Phi) is 5.51. The number of nitrogens with one attached hydrogen (secondary N) is 1. The number of hydrogen-bond donors (Lipinski definition) is 1. The summed E-state index contributed by atoms with van der Waals surface area (Å²) in [6.07, 6.45) is 0. The van der Waals surface area contributed by atoms with Crippen LogP contribution < -0.4 is 10.1 Å². The van der Waals surface area contributed by atoms with E-state index in [1.165, 1.54) is 11.1 Å². The predicted molar refractivity (Wildman–Crippen MR) is 89.5 cm³/mol. The smallest absolute Gasteiger partial charge is 0.142 e. The zero-order valence-electron chi connectivity index (χ0n) is 12.5. The van der Waals surface area contributed by atoms with E-state index < -0.39 is 0 Å².